The van der Waals surface area contributed by atoms with Crippen LogP contribution in [0.2, 0.25) is 0 Å². The van der Waals surface area contributed by atoms with Crippen LogP contribution in [0.1, 0.15) is 6.42 Å². The Hall–Kier alpha value is -0.780. The van der Waals surface area contributed by atoms with E-state index < -0.39 is 23.9 Å². The lowest BCUT2D eigenvalue weighted by Gasteiger charge is -2.13. The van der Waals surface area contributed by atoms with E-state index in [2.05, 4.69) is 4.84 Å². The Morgan fingerprint density at radius 1 is 1.54 bits per heavy atom. The van der Waals surface area contributed by atoms with E-state index in [-0.39, 0.29) is 6.42 Å². The molecule has 1 amide bonds. The molecule has 1 saturated carbocycles. The summed E-state index contributed by atoms with van der Waals surface area (Å²) in [5, 5.41) is 0.830. The largest absolute Gasteiger partial charge is 0.392 e. The summed E-state index contributed by atoms with van der Waals surface area (Å²) in [5.74, 6) is -3.02. The van der Waals surface area contributed by atoms with Crippen LogP contribution in [0.25, 0.3) is 0 Å². The van der Waals surface area contributed by atoms with Crippen molar-refractivity contribution in [3.63, 3.8) is 0 Å². The van der Waals surface area contributed by atoms with Crippen LogP contribution in [0, 0.1) is 11.8 Å². The average molecular weight is 197 g/mol. The van der Waals surface area contributed by atoms with Gasteiger partial charge in [-0.2, -0.15) is 13.2 Å². The van der Waals surface area contributed by atoms with Gasteiger partial charge < -0.3 is 0 Å². The number of nitrogens with zero attached hydrogens (tertiary/aromatic N) is 1. The van der Waals surface area contributed by atoms with Crippen molar-refractivity contribution in [3.8, 4) is 0 Å². The zero-order chi connectivity index (χ0) is 10.2. The third kappa shape index (κ3) is 2.12. The molecule has 0 aromatic rings. The smallest absolute Gasteiger partial charge is 0.275 e. The predicted octanol–water partition coefficient (Wildman–Crippen LogP) is 1.20. The van der Waals surface area contributed by atoms with Crippen LogP contribution in [0.3, 0.4) is 0 Å². The van der Waals surface area contributed by atoms with Crippen molar-refractivity contribution >= 4 is 5.91 Å². The van der Waals surface area contributed by atoms with Gasteiger partial charge in [0.25, 0.3) is 0 Å². The number of halogens is 3. The number of carbonyl (C=O) groups excluding carboxylic acids is 1. The van der Waals surface area contributed by atoms with Crippen LogP contribution in [-0.4, -0.2) is 31.3 Å². The van der Waals surface area contributed by atoms with Crippen LogP contribution in [-0.2, 0) is 9.63 Å². The Bertz CT molecular complexity index is 216. The molecule has 2 atom stereocenters. The fourth-order valence-electron chi connectivity index (χ4n) is 1.15. The van der Waals surface area contributed by atoms with Crippen LogP contribution in [0.4, 0.5) is 13.2 Å². The lowest BCUT2D eigenvalue weighted by Crippen LogP contribution is -2.29. The summed E-state index contributed by atoms with van der Waals surface area (Å²) >= 11 is 0. The molecule has 1 rings (SSSR count). The molecule has 0 bridgehead atoms. The molecule has 0 heterocycles. The maximum absolute atomic E-state index is 12.0. The molecule has 1 fully saturated rings. The quantitative estimate of drug-likeness (QED) is 0.622. The highest BCUT2D eigenvalue weighted by Crippen LogP contribution is 2.50. The molecule has 0 radical (unpaired) electrons. The molecule has 0 spiro atoms. The van der Waals surface area contributed by atoms with Crippen molar-refractivity contribution in [2.75, 3.05) is 14.2 Å². The van der Waals surface area contributed by atoms with Crippen LogP contribution in [0.15, 0.2) is 0 Å². The molecular weight excluding hydrogens is 187 g/mol. The van der Waals surface area contributed by atoms with Crippen molar-refractivity contribution in [2.45, 2.75) is 12.6 Å². The first-order valence-corrected chi connectivity index (χ1v) is 3.76. The minimum atomic E-state index is -4.26. The Morgan fingerprint density at radius 2 is 2.08 bits per heavy atom. The first kappa shape index (κ1) is 10.3. The summed E-state index contributed by atoms with van der Waals surface area (Å²) in [6.45, 7) is 0. The van der Waals surface area contributed by atoms with Gasteiger partial charge in [0.05, 0.1) is 18.9 Å². The lowest BCUT2D eigenvalue weighted by molar-refractivity contribution is -0.178. The summed E-state index contributed by atoms with van der Waals surface area (Å²) in [6.07, 6.45) is -4.37. The number of carbonyl (C=O) groups is 1. The van der Waals surface area contributed by atoms with Gasteiger partial charge in [0.1, 0.15) is 0 Å². The SMILES string of the molecule is CON(C)C(=O)[C@H]1C[C@@H]1C(F)(F)F. The summed E-state index contributed by atoms with van der Waals surface area (Å²) in [7, 11) is 2.54. The zero-order valence-corrected chi connectivity index (χ0v) is 7.26. The van der Waals surface area contributed by atoms with E-state index >= 15 is 0 Å². The molecule has 6 heteroatoms. The number of rotatable bonds is 2. The Kier molecular flexibility index (Phi) is 2.51. The van der Waals surface area contributed by atoms with Gasteiger partial charge in [0.2, 0.25) is 5.91 Å². The molecule has 0 saturated heterocycles. The van der Waals surface area contributed by atoms with Crippen molar-refractivity contribution in [1.29, 1.82) is 0 Å². The number of hydroxylamine groups is 2. The van der Waals surface area contributed by atoms with Gasteiger partial charge in [-0.15, -0.1) is 0 Å². The van der Waals surface area contributed by atoms with E-state index in [9.17, 15) is 18.0 Å². The number of hydrogen-bond acceptors (Lipinski definition) is 2. The van der Waals surface area contributed by atoms with E-state index in [4.69, 9.17) is 0 Å². The summed E-state index contributed by atoms with van der Waals surface area (Å²) in [5.41, 5.74) is 0. The first-order chi connectivity index (χ1) is 5.88. The highest BCUT2D eigenvalue weighted by Gasteiger charge is 2.59. The normalized spacial score (nSPS) is 27.2. The number of hydrogen-bond donors (Lipinski definition) is 0. The highest BCUT2D eigenvalue weighted by molar-refractivity contribution is 5.80. The van der Waals surface area contributed by atoms with Crippen molar-refractivity contribution < 1.29 is 22.8 Å². The maximum atomic E-state index is 12.0. The summed E-state index contributed by atoms with van der Waals surface area (Å²) < 4.78 is 36.0. The van der Waals surface area contributed by atoms with Gasteiger partial charge in [-0.25, -0.2) is 5.06 Å². The average Bonchev–Trinajstić information content (AvgIpc) is 2.79. The Morgan fingerprint density at radius 3 is 2.38 bits per heavy atom. The van der Waals surface area contributed by atoms with E-state index in [1.165, 1.54) is 14.2 Å². The minimum Gasteiger partial charge on any atom is -0.275 e. The van der Waals surface area contributed by atoms with Gasteiger partial charge in [-0.1, -0.05) is 0 Å². The molecule has 3 nitrogen and oxygen atoms in total. The second kappa shape index (κ2) is 3.17. The van der Waals surface area contributed by atoms with Gasteiger partial charge in [-0.05, 0) is 6.42 Å². The van der Waals surface area contributed by atoms with Crippen molar-refractivity contribution in [2.24, 2.45) is 11.8 Å². The molecule has 0 aromatic carbocycles. The minimum absolute atomic E-state index is 0.115. The van der Waals surface area contributed by atoms with Crippen LogP contribution < -0.4 is 0 Å². The van der Waals surface area contributed by atoms with E-state index in [0.717, 1.165) is 5.06 Å². The molecule has 76 valence electrons. The van der Waals surface area contributed by atoms with Gasteiger partial charge in [0, 0.05) is 7.05 Å². The van der Waals surface area contributed by atoms with Gasteiger partial charge in [-0.3, -0.25) is 9.63 Å². The standard InChI is InChI=1S/C7H10F3NO2/c1-11(13-2)6(12)4-3-5(4)7(8,9)10/h4-5H,3H2,1-2H3/t4-,5-/m0/s1. The molecule has 1 aliphatic carbocycles. The molecule has 0 aromatic heterocycles. The third-order valence-corrected chi connectivity index (χ3v) is 2.11. The van der Waals surface area contributed by atoms with Gasteiger partial charge >= 0.3 is 6.18 Å². The molecule has 0 N–H and O–H groups in total. The molecular formula is C7H10F3NO2. The Labute approximate surface area is 73.4 Å². The predicted molar refractivity (Wildman–Crippen MR) is 37.4 cm³/mol. The van der Waals surface area contributed by atoms with Crippen molar-refractivity contribution in [1.82, 2.24) is 5.06 Å². The fourth-order valence-corrected chi connectivity index (χ4v) is 1.15. The lowest BCUT2D eigenvalue weighted by atomic mass is 10.3. The monoisotopic (exact) mass is 197 g/mol. The highest BCUT2D eigenvalue weighted by atomic mass is 19.4. The number of amides is 1. The van der Waals surface area contributed by atoms with Crippen LogP contribution in [0.5, 0.6) is 0 Å². The topological polar surface area (TPSA) is 29.5 Å². The summed E-state index contributed by atoms with van der Waals surface area (Å²) in [6, 6.07) is 0. The number of alkyl halides is 3. The third-order valence-electron chi connectivity index (χ3n) is 2.11. The molecule has 1 aliphatic rings. The maximum Gasteiger partial charge on any atom is 0.392 e. The Balaban J connectivity index is 2.47. The van der Waals surface area contributed by atoms with E-state index in [1.54, 1.807) is 0 Å². The summed E-state index contributed by atoms with van der Waals surface area (Å²) in [4.78, 5) is 15.6. The van der Waals surface area contributed by atoms with E-state index in [1.807, 2.05) is 0 Å². The first-order valence-electron chi connectivity index (χ1n) is 3.76. The van der Waals surface area contributed by atoms with Crippen molar-refractivity contribution in [3.05, 3.63) is 0 Å². The second-order valence-electron chi connectivity index (χ2n) is 3.01. The molecule has 0 aliphatic heterocycles. The molecule has 0 unspecified atom stereocenters. The van der Waals surface area contributed by atoms with E-state index in [0.29, 0.717) is 0 Å². The second-order valence-corrected chi connectivity index (χ2v) is 3.01. The molecule has 13 heavy (non-hydrogen) atoms. The fraction of sp³-hybridized carbons (Fsp3) is 0.857. The van der Waals surface area contributed by atoms with Crippen LogP contribution >= 0.6 is 0 Å². The zero-order valence-electron chi connectivity index (χ0n) is 7.26. The van der Waals surface area contributed by atoms with Gasteiger partial charge in [0.15, 0.2) is 0 Å².